The molecule has 0 aliphatic carbocycles. The lowest BCUT2D eigenvalue weighted by Crippen LogP contribution is -2.57. The van der Waals surface area contributed by atoms with Gasteiger partial charge in [-0.15, -0.1) is 10.2 Å². The molecule has 8 nitrogen and oxygen atoms in total. The lowest BCUT2D eigenvalue weighted by Gasteiger charge is -2.48. The number of hydrogen-bond donors (Lipinski definition) is 1. The van der Waals surface area contributed by atoms with Crippen LogP contribution in [0.1, 0.15) is 36.7 Å². The minimum absolute atomic E-state index is 0.0179. The molecule has 3 aromatic rings. The Morgan fingerprint density at radius 2 is 1.76 bits per heavy atom. The quantitative estimate of drug-likeness (QED) is 0.543. The fourth-order valence-electron chi connectivity index (χ4n) is 5.90. The van der Waals surface area contributed by atoms with E-state index in [9.17, 15) is 14.3 Å². The van der Waals surface area contributed by atoms with Gasteiger partial charge in [-0.05, 0) is 42.0 Å². The van der Waals surface area contributed by atoms with Gasteiger partial charge in [0.05, 0.1) is 16.5 Å². The maximum atomic E-state index is 14.0. The van der Waals surface area contributed by atoms with Crippen molar-refractivity contribution in [3.8, 4) is 6.07 Å². The first kappa shape index (κ1) is 26.0. The molecule has 1 aromatic carbocycles. The van der Waals surface area contributed by atoms with Gasteiger partial charge in [0, 0.05) is 55.8 Å². The molecular weight excluding hydrogens is 507 g/mol. The Kier molecular flexibility index (Phi) is 7.03. The summed E-state index contributed by atoms with van der Waals surface area (Å²) in [6.45, 7) is 5.49. The number of aromatic nitrogens is 3. The molecule has 2 aliphatic rings. The standard InChI is InChI=1S/C28H28ClFN6O2/c1-17-13-36(14-18(2)28(17,38)19-3-6-21(30)7-4-19)27(37)24-16-35(26-10-8-22(11-31)33-34-26)15-23(24)25-9-5-20(29)12-32-25/h3-10,12,17-18,23-24,38H,13-16H2,1-2H3/t17-,18+,23-,24-,28-/m1/s1. The zero-order chi connectivity index (χ0) is 27.0. The number of nitrogens with zero attached hydrogens (tertiary/aromatic N) is 6. The molecule has 2 aliphatic heterocycles. The molecule has 1 N–H and O–H groups in total. The summed E-state index contributed by atoms with van der Waals surface area (Å²) in [6, 6.07) is 14.9. The van der Waals surface area contributed by atoms with Crippen molar-refractivity contribution >= 4 is 23.3 Å². The molecule has 38 heavy (non-hydrogen) atoms. The SMILES string of the molecule is C[C@@H]1CN(C(=O)[C@@H]2CN(c3ccc(C#N)nn3)C[C@H]2c2ccc(Cl)cn2)C[C@H](C)[C@@]1(O)c1ccc(F)cc1. The van der Waals surface area contributed by atoms with Gasteiger partial charge in [0.2, 0.25) is 5.91 Å². The Labute approximate surface area is 225 Å². The van der Waals surface area contributed by atoms with Crippen molar-refractivity contribution in [2.24, 2.45) is 17.8 Å². The van der Waals surface area contributed by atoms with E-state index in [0.29, 0.717) is 42.6 Å². The third kappa shape index (κ3) is 4.70. The van der Waals surface area contributed by atoms with Gasteiger partial charge < -0.3 is 14.9 Å². The first-order chi connectivity index (χ1) is 18.2. The van der Waals surface area contributed by atoms with Crippen LogP contribution in [0.25, 0.3) is 0 Å². The van der Waals surface area contributed by atoms with Crippen molar-refractivity contribution in [3.63, 3.8) is 0 Å². The number of halogens is 2. The molecule has 0 unspecified atom stereocenters. The lowest BCUT2D eigenvalue weighted by molar-refractivity contribution is -0.152. The molecule has 10 heteroatoms. The zero-order valence-corrected chi connectivity index (χ0v) is 21.9. The van der Waals surface area contributed by atoms with Crippen LogP contribution in [-0.2, 0) is 10.4 Å². The second-order valence-corrected chi connectivity index (χ2v) is 10.7. The molecule has 0 spiro atoms. The van der Waals surface area contributed by atoms with Crippen LogP contribution in [0.15, 0.2) is 54.7 Å². The topological polar surface area (TPSA) is 106 Å². The van der Waals surface area contributed by atoms with Gasteiger partial charge in [0.15, 0.2) is 11.5 Å². The molecule has 5 atom stereocenters. The lowest BCUT2D eigenvalue weighted by atomic mass is 9.70. The van der Waals surface area contributed by atoms with Crippen LogP contribution in [0, 0.1) is 34.9 Å². The normalized spacial score (nSPS) is 27.3. The van der Waals surface area contributed by atoms with Gasteiger partial charge in [-0.3, -0.25) is 9.78 Å². The molecule has 0 radical (unpaired) electrons. The maximum absolute atomic E-state index is 14.0. The number of aliphatic hydroxyl groups is 1. The average molecular weight is 535 g/mol. The molecule has 0 saturated carbocycles. The number of benzene rings is 1. The number of amides is 1. The van der Waals surface area contributed by atoms with Gasteiger partial charge >= 0.3 is 0 Å². The Morgan fingerprint density at radius 3 is 2.34 bits per heavy atom. The highest BCUT2D eigenvalue weighted by molar-refractivity contribution is 6.30. The van der Waals surface area contributed by atoms with E-state index in [0.717, 1.165) is 5.69 Å². The number of anilines is 1. The van der Waals surface area contributed by atoms with Crippen LogP contribution in [0.5, 0.6) is 0 Å². The van der Waals surface area contributed by atoms with E-state index in [1.165, 1.54) is 12.1 Å². The van der Waals surface area contributed by atoms with Crippen LogP contribution < -0.4 is 4.90 Å². The molecular formula is C28H28ClFN6O2. The molecule has 5 rings (SSSR count). The summed E-state index contributed by atoms with van der Waals surface area (Å²) in [4.78, 5) is 22.4. The molecule has 2 fully saturated rings. The summed E-state index contributed by atoms with van der Waals surface area (Å²) >= 11 is 6.07. The average Bonchev–Trinajstić information content (AvgIpc) is 3.37. The number of likely N-dealkylation sites (tertiary alicyclic amines) is 1. The number of hydrogen-bond acceptors (Lipinski definition) is 7. The predicted octanol–water partition coefficient (Wildman–Crippen LogP) is 3.76. The summed E-state index contributed by atoms with van der Waals surface area (Å²) in [5, 5.41) is 29.4. The fourth-order valence-corrected chi connectivity index (χ4v) is 6.01. The second kappa shape index (κ2) is 10.3. The largest absolute Gasteiger partial charge is 0.384 e. The van der Waals surface area contributed by atoms with Crippen LogP contribution >= 0.6 is 11.6 Å². The van der Waals surface area contributed by atoms with Crippen LogP contribution in [0.2, 0.25) is 5.02 Å². The van der Waals surface area contributed by atoms with Crippen molar-refractivity contribution in [3.05, 3.63) is 82.5 Å². The molecule has 4 heterocycles. The number of nitriles is 1. The maximum Gasteiger partial charge on any atom is 0.228 e. The smallest absolute Gasteiger partial charge is 0.228 e. The summed E-state index contributed by atoms with van der Waals surface area (Å²) in [7, 11) is 0. The monoisotopic (exact) mass is 534 g/mol. The molecule has 1 amide bonds. The van der Waals surface area contributed by atoms with Crippen molar-refractivity contribution in [1.82, 2.24) is 20.1 Å². The second-order valence-electron chi connectivity index (χ2n) is 10.3. The van der Waals surface area contributed by atoms with Crippen molar-refractivity contribution in [2.75, 3.05) is 31.1 Å². The van der Waals surface area contributed by atoms with Gasteiger partial charge in [-0.25, -0.2) is 4.39 Å². The van der Waals surface area contributed by atoms with Crippen molar-refractivity contribution in [1.29, 1.82) is 5.26 Å². The van der Waals surface area contributed by atoms with Gasteiger partial charge in [-0.1, -0.05) is 37.6 Å². The first-order valence-corrected chi connectivity index (χ1v) is 13.0. The number of rotatable bonds is 4. The number of pyridine rings is 1. The van der Waals surface area contributed by atoms with E-state index >= 15 is 0 Å². The third-order valence-corrected chi connectivity index (χ3v) is 8.19. The molecule has 2 aromatic heterocycles. The summed E-state index contributed by atoms with van der Waals surface area (Å²) < 4.78 is 13.5. The van der Waals surface area contributed by atoms with Gasteiger partial charge in [0.25, 0.3) is 0 Å². The Balaban J connectivity index is 1.40. The highest BCUT2D eigenvalue weighted by atomic mass is 35.5. The summed E-state index contributed by atoms with van der Waals surface area (Å²) in [5.41, 5.74) is 0.460. The summed E-state index contributed by atoms with van der Waals surface area (Å²) in [5.74, 6) is -0.938. The Morgan fingerprint density at radius 1 is 1.05 bits per heavy atom. The van der Waals surface area contributed by atoms with Gasteiger partial charge in [0.1, 0.15) is 11.9 Å². The molecule has 2 saturated heterocycles. The highest BCUT2D eigenvalue weighted by Crippen LogP contribution is 2.43. The van der Waals surface area contributed by atoms with E-state index < -0.39 is 11.5 Å². The van der Waals surface area contributed by atoms with Gasteiger partial charge in [-0.2, -0.15) is 5.26 Å². The van der Waals surface area contributed by atoms with Crippen LogP contribution in [0.4, 0.5) is 10.2 Å². The van der Waals surface area contributed by atoms with Crippen molar-refractivity contribution < 1.29 is 14.3 Å². The highest BCUT2D eigenvalue weighted by Gasteiger charge is 2.49. The van der Waals surface area contributed by atoms with Crippen LogP contribution in [0.3, 0.4) is 0 Å². The van der Waals surface area contributed by atoms with E-state index in [1.807, 2.05) is 35.8 Å². The van der Waals surface area contributed by atoms with E-state index in [-0.39, 0.29) is 35.2 Å². The minimum atomic E-state index is -1.18. The first-order valence-electron chi connectivity index (χ1n) is 12.6. The molecule has 196 valence electrons. The molecule has 0 bridgehead atoms. The Bertz CT molecular complexity index is 1330. The van der Waals surface area contributed by atoms with Crippen LogP contribution in [-0.4, -0.2) is 57.3 Å². The zero-order valence-electron chi connectivity index (χ0n) is 21.1. The van der Waals surface area contributed by atoms with Crippen molar-refractivity contribution in [2.45, 2.75) is 25.4 Å². The number of carbonyl (C=O) groups excluding carboxylic acids is 1. The van der Waals surface area contributed by atoms with E-state index in [4.69, 9.17) is 16.9 Å². The third-order valence-electron chi connectivity index (χ3n) is 7.97. The van der Waals surface area contributed by atoms with E-state index in [2.05, 4.69) is 15.2 Å². The minimum Gasteiger partial charge on any atom is -0.384 e. The fraction of sp³-hybridized carbons (Fsp3) is 0.393. The number of carbonyl (C=O) groups is 1. The van der Waals surface area contributed by atoms with E-state index in [1.54, 1.807) is 36.5 Å². The number of piperidine rings is 1. The predicted molar refractivity (Wildman–Crippen MR) is 140 cm³/mol. The summed E-state index contributed by atoms with van der Waals surface area (Å²) in [6.07, 6.45) is 1.58. The Hall–Kier alpha value is -3.61.